The second-order valence-electron chi connectivity index (χ2n) is 4.24. The molecule has 0 saturated carbocycles. The summed E-state index contributed by atoms with van der Waals surface area (Å²) in [5.41, 5.74) is 1.12. The van der Waals surface area contributed by atoms with E-state index < -0.39 is 0 Å². The predicted octanol–water partition coefficient (Wildman–Crippen LogP) is 2.88. The average Bonchev–Trinajstić information content (AvgIpc) is 2.37. The predicted molar refractivity (Wildman–Crippen MR) is 71.6 cm³/mol. The van der Waals surface area contributed by atoms with Crippen molar-refractivity contribution < 1.29 is 4.74 Å². The third kappa shape index (κ3) is 3.73. The van der Waals surface area contributed by atoms with Gasteiger partial charge in [0.05, 0.1) is 6.10 Å². The molecular weight excluding hydrogens is 226 g/mol. The summed E-state index contributed by atoms with van der Waals surface area (Å²) in [5, 5.41) is 3.25. The summed E-state index contributed by atoms with van der Waals surface area (Å²) in [6, 6.07) is 9.69. The maximum Gasteiger partial charge on any atom is 0.213 e. The fraction of sp³-hybridized carbons (Fsp3) is 0.286. The quantitative estimate of drug-likeness (QED) is 0.877. The Morgan fingerprint density at radius 3 is 2.78 bits per heavy atom. The molecule has 0 radical (unpaired) electrons. The second kappa shape index (κ2) is 6.00. The molecule has 0 aromatic carbocycles. The van der Waals surface area contributed by atoms with E-state index in [-0.39, 0.29) is 6.10 Å². The van der Waals surface area contributed by atoms with Gasteiger partial charge in [-0.15, -0.1) is 0 Å². The summed E-state index contributed by atoms with van der Waals surface area (Å²) in [6.07, 6.45) is 3.66. The number of nitrogens with zero attached hydrogens (tertiary/aromatic N) is 2. The molecule has 2 heterocycles. The van der Waals surface area contributed by atoms with Gasteiger partial charge >= 0.3 is 0 Å². The highest BCUT2D eigenvalue weighted by atomic mass is 16.5. The summed E-state index contributed by atoms with van der Waals surface area (Å²) in [7, 11) is 0. The van der Waals surface area contributed by atoms with E-state index in [2.05, 4.69) is 15.3 Å². The molecule has 0 bridgehead atoms. The van der Waals surface area contributed by atoms with Crippen LogP contribution in [0.25, 0.3) is 0 Å². The van der Waals surface area contributed by atoms with Crippen molar-refractivity contribution in [3.63, 3.8) is 0 Å². The summed E-state index contributed by atoms with van der Waals surface area (Å²) in [4.78, 5) is 8.38. The van der Waals surface area contributed by atoms with Gasteiger partial charge in [0.1, 0.15) is 5.82 Å². The maximum absolute atomic E-state index is 5.55. The molecule has 2 rings (SSSR count). The highest BCUT2D eigenvalue weighted by Gasteiger charge is 2.01. The lowest BCUT2D eigenvalue weighted by Crippen LogP contribution is -2.08. The second-order valence-corrected chi connectivity index (χ2v) is 4.24. The molecule has 2 aromatic rings. The van der Waals surface area contributed by atoms with Gasteiger partial charge in [0.2, 0.25) is 5.88 Å². The Hall–Kier alpha value is -2.10. The van der Waals surface area contributed by atoms with Crippen LogP contribution in [0.4, 0.5) is 5.82 Å². The minimum atomic E-state index is 0.136. The standard InChI is InChI=1S/C14H17N3O/c1-11(2)18-14-9-12(6-8-16-14)10-17-13-5-3-4-7-15-13/h3-9,11H,10H2,1-2H3,(H,15,17). The van der Waals surface area contributed by atoms with Gasteiger partial charge in [-0.1, -0.05) is 6.07 Å². The number of rotatable bonds is 5. The first-order chi connectivity index (χ1) is 8.74. The number of nitrogens with one attached hydrogen (secondary N) is 1. The Balaban J connectivity index is 1.97. The summed E-state index contributed by atoms with van der Waals surface area (Å²) in [6.45, 7) is 4.68. The number of pyridine rings is 2. The van der Waals surface area contributed by atoms with Crippen LogP contribution in [-0.2, 0) is 6.54 Å². The van der Waals surface area contributed by atoms with E-state index in [9.17, 15) is 0 Å². The molecule has 0 saturated heterocycles. The van der Waals surface area contributed by atoms with E-state index in [1.807, 2.05) is 44.2 Å². The number of hydrogen-bond donors (Lipinski definition) is 1. The first-order valence-corrected chi connectivity index (χ1v) is 6.00. The summed E-state index contributed by atoms with van der Waals surface area (Å²) in [5.74, 6) is 1.52. The Bertz CT molecular complexity index is 485. The first-order valence-electron chi connectivity index (χ1n) is 6.00. The van der Waals surface area contributed by atoms with E-state index >= 15 is 0 Å². The number of anilines is 1. The van der Waals surface area contributed by atoms with E-state index in [1.165, 1.54) is 0 Å². The van der Waals surface area contributed by atoms with E-state index in [4.69, 9.17) is 4.74 Å². The van der Waals surface area contributed by atoms with E-state index in [1.54, 1.807) is 12.4 Å². The van der Waals surface area contributed by atoms with Gasteiger partial charge in [-0.2, -0.15) is 0 Å². The molecule has 4 nitrogen and oxygen atoms in total. The fourth-order valence-electron chi connectivity index (χ4n) is 1.53. The number of hydrogen-bond acceptors (Lipinski definition) is 4. The highest BCUT2D eigenvalue weighted by Crippen LogP contribution is 2.12. The van der Waals surface area contributed by atoms with Crippen LogP contribution >= 0.6 is 0 Å². The average molecular weight is 243 g/mol. The van der Waals surface area contributed by atoms with Gasteiger partial charge in [-0.3, -0.25) is 0 Å². The Morgan fingerprint density at radius 1 is 1.17 bits per heavy atom. The largest absolute Gasteiger partial charge is 0.475 e. The zero-order chi connectivity index (χ0) is 12.8. The number of aromatic nitrogens is 2. The molecular formula is C14H17N3O. The van der Waals surface area contributed by atoms with Crippen molar-refractivity contribution in [3.8, 4) is 5.88 Å². The van der Waals surface area contributed by atoms with Crippen LogP contribution in [0.5, 0.6) is 5.88 Å². The lowest BCUT2D eigenvalue weighted by molar-refractivity contribution is 0.232. The Kier molecular flexibility index (Phi) is 4.12. The lowest BCUT2D eigenvalue weighted by atomic mass is 10.2. The van der Waals surface area contributed by atoms with E-state index in [0.29, 0.717) is 12.4 Å². The first kappa shape index (κ1) is 12.4. The van der Waals surface area contributed by atoms with Gasteiger partial charge < -0.3 is 10.1 Å². The van der Waals surface area contributed by atoms with Crippen molar-refractivity contribution in [1.29, 1.82) is 0 Å². The Morgan fingerprint density at radius 2 is 2.06 bits per heavy atom. The van der Waals surface area contributed by atoms with Crippen molar-refractivity contribution in [3.05, 3.63) is 48.3 Å². The fourth-order valence-corrected chi connectivity index (χ4v) is 1.53. The van der Waals surface area contributed by atoms with Gasteiger partial charge in [0, 0.05) is 25.0 Å². The molecule has 4 heteroatoms. The minimum absolute atomic E-state index is 0.136. The third-order valence-electron chi connectivity index (χ3n) is 2.29. The smallest absolute Gasteiger partial charge is 0.213 e. The molecule has 0 aliphatic heterocycles. The van der Waals surface area contributed by atoms with Crippen LogP contribution in [-0.4, -0.2) is 16.1 Å². The summed E-state index contributed by atoms with van der Waals surface area (Å²) >= 11 is 0. The van der Waals surface area contributed by atoms with Gasteiger partial charge in [0.25, 0.3) is 0 Å². The van der Waals surface area contributed by atoms with Crippen LogP contribution in [0.15, 0.2) is 42.7 Å². The molecule has 0 aliphatic carbocycles. The summed E-state index contributed by atoms with van der Waals surface area (Å²) < 4.78 is 5.55. The molecule has 0 fully saturated rings. The normalized spacial score (nSPS) is 10.4. The lowest BCUT2D eigenvalue weighted by Gasteiger charge is -2.10. The molecule has 0 amide bonds. The van der Waals surface area contributed by atoms with Crippen molar-refractivity contribution in [1.82, 2.24) is 9.97 Å². The molecule has 0 aliphatic rings. The zero-order valence-corrected chi connectivity index (χ0v) is 10.6. The maximum atomic E-state index is 5.55. The van der Waals surface area contributed by atoms with E-state index in [0.717, 1.165) is 11.4 Å². The third-order valence-corrected chi connectivity index (χ3v) is 2.29. The van der Waals surface area contributed by atoms with Crippen molar-refractivity contribution in [2.45, 2.75) is 26.5 Å². The van der Waals surface area contributed by atoms with Gasteiger partial charge in [0.15, 0.2) is 0 Å². The molecule has 0 atom stereocenters. The Labute approximate surface area is 107 Å². The highest BCUT2D eigenvalue weighted by molar-refractivity contribution is 5.35. The molecule has 0 unspecified atom stereocenters. The SMILES string of the molecule is CC(C)Oc1cc(CNc2ccccn2)ccn1. The van der Waals surface area contributed by atoms with Crippen LogP contribution in [0.2, 0.25) is 0 Å². The monoisotopic (exact) mass is 243 g/mol. The van der Waals surface area contributed by atoms with Crippen LogP contribution in [0.1, 0.15) is 19.4 Å². The topological polar surface area (TPSA) is 47.0 Å². The van der Waals surface area contributed by atoms with Crippen LogP contribution in [0.3, 0.4) is 0 Å². The number of ether oxygens (including phenoxy) is 1. The molecule has 0 spiro atoms. The van der Waals surface area contributed by atoms with Crippen molar-refractivity contribution in [2.75, 3.05) is 5.32 Å². The molecule has 18 heavy (non-hydrogen) atoms. The van der Waals surface area contributed by atoms with Crippen LogP contribution < -0.4 is 10.1 Å². The zero-order valence-electron chi connectivity index (χ0n) is 10.6. The van der Waals surface area contributed by atoms with Crippen molar-refractivity contribution >= 4 is 5.82 Å². The molecule has 94 valence electrons. The molecule has 2 aromatic heterocycles. The minimum Gasteiger partial charge on any atom is -0.475 e. The van der Waals surface area contributed by atoms with Crippen molar-refractivity contribution in [2.24, 2.45) is 0 Å². The molecule has 1 N–H and O–H groups in total. The van der Waals surface area contributed by atoms with Gasteiger partial charge in [-0.05, 0) is 37.6 Å². The van der Waals surface area contributed by atoms with Crippen LogP contribution in [0, 0.1) is 0 Å². The van der Waals surface area contributed by atoms with Gasteiger partial charge in [-0.25, -0.2) is 9.97 Å².